The molecule has 0 spiro atoms. The highest BCUT2D eigenvalue weighted by Crippen LogP contribution is 2.27. The summed E-state index contributed by atoms with van der Waals surface area (Å²) in [4.78, 5) is 16.0. The second kappa shape index (κ2) is 6.76. The lowest BCUT2D eigenvalue weighted by Crippen LogP contribution is -2.59. The first-order valence-electron chi connectivity index (χ1n) is 7.67. The topological polar surface area (TPSA) is 131 Å². The molecule has 1 aromatic carbocycles. The fourth-order valence-electron chi connectivity index (χ4n) is 2.59. The summed E-state index contributed by atoms with van der Waals surface area (Å²) in [6.45, 7) is 1.60. The van der Waals surface area contributed by atoms with E-state index in [2.05, 4.69) is 15.6 Å². The molecule has 140 valence electrons. The molecule has 2 heterocycles. The van der Waals surface area contributed by atoms with Crippen molar-refractivity contribution >= 4 is 21.6 Å². The highest BCUT2D eigenvalue weighted by atomic mass is 32.2. The Morgan fingerprint density at radius 2 is 2.23 bits per heavy atom. The minimum atomic E-state index is -3.63. The molecule has 0 aliphatic carbocycles. The number of carbonyl (C=O) groups is 1. The zero-order chi connectivity index (χ0) is 19.1. The molecule has 11 heteroatoms. The number of nitrogens with zero attached hydrogens (tertiary/aromatic N) is 2. The molecular weight excluding hydrogens is 365 g/mol. The van der Waals surface area contributed by atoms with Crippen LogP contribution >= 0.6 is 0 Å². The Balaban J connectivity index is 1.85. The monoisotopic (exact) mass is 383 g/mol. The molecular formula is C15H18FN5O4S. The SMILES string of the molecule is Cc1nc(C(=O)Nc2ccc(F)c([C@@H]3CS(=O)(=O)N(C)C(N)N3)c2)co1. The van der Waals surface area contributed by atoms with E-state index in [-0.39, 0.29) is 17.0 Å². The molecule has 4 N–H and O–H groups in total. The van der Waals surface area contributed by atoms with Crippen molar-refractivity contribution in [2.75, 3.05) is 18.1 Å². The van der Waals surface area contributed by atoms with Crippen molar-refractivity contribution in [2.45, 2.75) is 19.3 Å². The van der Waals surface area contributed by atoms with E-state index in [0.29, 0.717) is 11.6 Å². The van der Waals surface area contributed by atoms with Gasteiger partial charge in [-0.1, -0.05) is 0 Å². The number of anilines is 1. The fraction of sp³-hybridized carbons (Fsp3) is 0.333. The van der Waals surface area contributed by atoms with E-state index < -0.39 is 34.1 Å². The first kappa shape index (κ1) is 18.5. The Bertz CT molecular complexity index is 945. The first-order valence-corrected chi connectivity index (χ1v) is 9.28. The average molecular weight is 383 g/mol. The van der Waals surface area contributed by atoms with E-state index >= 15 is 0 Å². The maximum absolute atomic E-state index is 14.3. The van der Waals surface area contributed by atoms with E-state index in [1.807, 2.05) is 0 Å². The van der Waals surface area contributed by atoms with Crippen LogP contribution in [-0.2, 0) is 10.0 Å². The van der Waals surface area contributed by atoms with Crippen LogP contribution in [0.2, 0.25) is 0 Å². The van der Waals surface area contributed by atoms with Crippen molar-refractivity contribution < 1.29 is 22.0 Å². The van der Waals surface area contributed by atoms with Crippen LogP contribution in [0.3, 0.4) is 0 Å². The Morgan fingerprint density at radius 1 is 1.50 bits per heavy atom. The molecule has 0 radical (unpaired) electrons. The highest BCUT2D eigenvalue weighted by Gasteiger charge is 2.36. The van der Waals surface area contributed by atoms with Crippen LogP contribution in [0.25, 0.3) is 0 Å². The number of nitrogens with one attached hydrogen (secondary N) is 2. The number of nitrogens with two attached hydrogens (primary N) is 1. The van der Waals surface area contributed by atoms with Gasteiger partial charge in [-0.15, -0.1) is 0 Å². The van der Waals surface area contributed by atoms with Gasteiger partial charge in [-0.2, -0.15) is 4.31 Å². The number of rotatable bonds is 3. The van der Waals surface area contributed by atoms with Gasteiger partial charge in [-0.3, -0.25) is 10.1 Å². The van der Waals surface area contributed by atoms with Crippen LogP contribution in [0, 0.1) is 12.7 Å². The van der Waals surface area contributed by atoms with Crippen LogP contribution in [0.1, 0.15) is 28.0 Å². The van der Waals surface area contributed by atoms with Crippen LogP contribution in [-0.4, -0.2) is 42.7 Å². The number of aryl methyl sites for hydroxylation is 1. The average Bonchev–Trinajstić information content (AvgIpc) is 3.00. The van der Waals surface area contributed by atoms with Gasteiger partial charge in [0.05, 0.1) is 11.8 Å². The fourth-order valence-corrected chi connectivity index (χ4v) is 3.93. The summed E-state index contributed by atoms with van der Waals surface area (Å²) in [6, 6.07) is 3.03. The van der Waals surface area contributed by atoms with Gasteiger partial charge < -0.3 is 15.5 Å². The van der Waals surface area contributed by atoms with Gasteiger partial charge in [0.15, 0.2) is 11.6 Å². The predicted molar refractivity (Wildman–Crippen MR) is 91.0 cm³/mol. The van der Waals surface area contributed by atoms with Gasteiger partial charge in [-0.25, -0.2) is 17.8 Å². The van der Waals surface area contributed by atoms with Gasteiger partial charge >= 0.3 is 0 Å². The lowest BCUT2D eigenvalue weighted by Gasteiger charge is -2.35. The second-order valence-electron chi connectivity index (χ2n) is 5.90. The molecule has 2 atom stereocenters. The Hall–Kier alpha value is -2.34. The third-order valence-electron chi connectivity index (χ3n) is 4.06. The van der Waals surface area contributed by atoms with Gasteiger partial charge in [0, 0.05) is 25.2 Å². The molecule has 26 heavy (non-hydrogen) atoms. The lowest BCUT2D eigenvalue weighted by atomic mass is 10.1. The van der Waals surface area contributed by atoms with Gasteiger partial charge in [0.1, 0.15) is 18.4 Å². The summed E-state index contributed by atoms with van der Waals surface area (Å²) in [6.07, 6.45) is 0.230. The van der Waals surface area contributed by atoms with E-state index in [1.54, 1.807) is 6.92 Å². The maximum Gasteiger partial charge on any atom is 0.277 e. The predicted octanol–water partition coefficient (Wildman–Crippen LogP) is 0.523. The summed E-state index contributed by atoms with van der Waals surface area (Å²) < 4.78 is 44.5. The Kier molecular flexibility index (Phi) is 4.80. The quantitative estimate of drug-likeness (QED) is 0.704. The Labute approximate surface area is 149 Å². The zero-order valence-corrected chi connectivity index (χ0v) is 14.9. The van der Waals surface area contributed by atoms with E-state index in [9.17, 15) is 17.6 Å². The van der Waals surface area contributed by atoms with Crippen LogP contribution < -0.4 is 16.4 Å². The van der Waals surface area contributed by atoms with Crippen molar-refractivity contribution in [1.82, 2.24) is 14.6 Å². The number of hydrogen-bond donors (Lipinski definition) is 3. The summed E-state index contributed by atoms with van der Waals surface area (Å²) in [5.41, 5.74) is 6.21. The Morgan fingerprint density at radius 3 is 2.85 bits per heavy atom. The molecule has 3 rings (SSSR count). The second-order valence-corrected chi connectivity index (χ2v) is 7.97. The molecule has 1 fully saturated rings. The van der Waals surface area contributed by atoms with Crippen molar-refractivity contribution in [3.8, 4) is 0 Å². The van der Waals surface area contributed by atoms with Gasteiger partial charge in [0.25, 0.3) is 5.91 Å². The number of benzene rings is 1. The minimum Gasteiger partial charge on any atom is -0.448 e. The maximum atomic E-state index is 14.3. The number of amides is 1. The third kappa shape index (κ3) is 3.60. The summed E-state index contributed by atoms with van der Waals surface area (Å²) in [7, 11) is -2.29. The molecule has 1 saturated heterocycles. The molecule has 1 amide bonds. The number of aromatic nitrogens is 1. The van der Waals surface area contributed by atoms with Gasteiger partial charge in [0.2, 0.25) is 10.0 Å². The van der Waals surface area contributed by atoms with Crippen molar-refractivity contribution in [3.63, 3.8) is 0 Å². The lowest BCUT2D eigenvalue weighted by molar-refractivity contribution is 0.102. The third-order valence-corrected chi connectivity index (χ3v) is 5.92. The van der Waals surface area contributed by atoms with E-state index in [4.69, 9.17) is 10.2 Å². The van der Waals surface area contributed by atoms with Crippen molar-refractivity contribution in [1.29, 1.82) is 0 Å². The van der Waals surface area contributed by atoms with Gasteiger partial charge in [-0.05, 0) is 18.2 Å². The molecule has 0 saturated carbocycles. The van der Waals surface area contributed by atoms with E-state index in [1.165, 1.54) is 25.4 Å². The summed E-state index contributed by atoms with van der Waals surface area (Å²) >= 11 is 0. The normalized spacial score (nSPS) is 22.9. The van der Waals surface area contributed by atoms with Crippen molar-refractivity contribution in [3.05, 3.63) is 47.4 Å². The summed E-state index contributed by atoms with van der Waals surface area (Å²) in [5, 5.41) is 5.41. The number of oxazole rings is 1. The number of carbonyl (C=O) groups excluding carboxylic acids is 1. The standard InChI is InChI=1S/C15H18FN5O4S/c1-8-18-12(6-25-8)14(22)19-9-3-4-11(16)10(5-9)13-7-26(23,24)21(2)15(17)20-13/h3-6,13,15,20H,7,17H2,1-2H3,(H,19,22)/t13-,15?/m0/s1. The molecule has 2 aromatic rings. The smallest absolute Gasteiger partial charge is 0.277 e. The highest BCUT2D eigenvalue weighted by molar-refractivity contribution is 7.89. The molecule has 1 unspecified atom stereocenters. The molecule has 0 bridgehead atoms. The molecule has 1 aliphatic heterocycles. The molecule has 1 aromatic heterocycles. The number of sulfonamides is 1. The number of hydrogen-bond acceptors (Lipinski definition) is 7. The first-order chi connectivity index (χ1) is 12.2. The van der Waals surface area contributed by atoms with Crippen LogP contribution in [0.4, 0.5) is 10.1 Å². The zero-order valence-electron chi connectivity index (χ0n) is 14.1. The minimum absolute atomic E-state index is 0.0791. The van der Waals surface area contributed by atoms with Crippen LogP contribution in [0.5, 0.6) is 0 Å². The van der Waals surface area contributed by atoms with Crippen LogP contribution in [0.15, 0.2) is 28.9 Å². The largest absolute Gasteiger partial charge is 0.448 e. The molecule has 1 aliphatic rings. The van der Waals surface area contributed by atoms with Crippen molar-refractivity contribution in [2.24, 2.45) is 5.73 Å². The summed E-state index contributed by atoms with van der Waals surface area (Å²) in [5.74, 6) is -1.15. The van der Waals surface area contributed by atoms with E-state index in [0.717, 1.165) is 10.4 Å². The molecule has 9 nitrogen and oxygen atoms in total. The number of halogens is 1.